The molecule has 0 bridgehead atoms. The molecule has 1 N–H and O–H groups in total. The maximum Gasteiger partial charge on any atom is 0.307 e. The van der Waals surface area contributed by atoms with Gasteiger partial charge in [0.15, 0.2) is 0 Å². The lowest BCUT2D eigenvalue weighted by Gasteiger charge is -2.00. The van der Waals surface area contributed by atoms with E-state index in [2.05, 4.69) is 10.2 Å². The second-order valence-electron chi connectivity index (χ2n) is 3.06. The van der Waals surface area contributed by atoms with Crippen molar-refractivity contribution in [1.82, 2.24) is 15.0 Å². The van der Waals surface area contributed by atoms with Crippen LogP contribution in [0.1, 0.15) is 5.56 Å². The third-order valence-electron chi connectivity index (χ3n) is 1.94. The van der Waals surface area contributed by atoms with Crippen LogP contribution >= 0.6 is 0 Å². The van der Waals surface area contributed by atoms with Crippen LogP contribution in [0.2, 0.25) is 0 Å². The fraction of sp³-hybridized carbons (Fsp3) is 0.100. The highest BCUT2D eigenvalue weighted by atomic mass is 16.4. The molecule has 0 fully saturated rings. The standard InChI is InChI=1S/C10H9N3O2/c14-10(15)7-8-1-3-9(4-2-8)13-11-5-6-12-13/h1-6H,7H2,(H,14,15). The van der Waals surface area contributed by atoms with Gasteiger partial charge in [0.1, 0.15) is 0 Å². The minimum absolute atomic E-state index is 0.0345. The molecule has 2 aromatic rings. The van der Waals surface area contributed by atoms with Gasteiger partial charge < -0.3 is 5.11 Å². The molecule has 0 radical (unpaired) electrons. The number of carboxylic acids is 1. The van der Waals surface area contributed by atoms with Crippen LogP contribution in [-0.4, -0.2) is 26.1 Å². The number of nitrogens with zero attached hydrogens (tertiary/aromatic N) is 3. The van der Waals surface area contributed by atoms with E-state index in [1.54, 1.807) is 36.7 Å². The van der Waals surface area contributed by atoms with Crippen LogP contribution in [0, 0.1) is 0 Å². The van der Waals surface area contributed by atoms with Gasteiger partial charge in [0.25, 0.3) is 0 Å². The zero-order valence-corrected chi connectivity index (χ0v) is 7.87. The molecule has 0 amide bonds. The molecule has 15 heavy (non-hydrogen) atoms. The Morgan fingerprint density at radius 3 is 2.33 bits per heavy atom. The summed E-state index contributed by atoms with van der Waals surface area (Å²) in [4.78, 5) is 11.9. The highest BCUT2D eigenvalue weighted by Gasteiger charge is 2.01. The lowest BCUT2D eigenvalue weighted by atomic mass is 10.1. The quantitative estimate of drug-likeness (QED) is 0.804. The van der Waals surface area contributed by atoms with Gasteiger partial charge in [-0.05, 0) is 17.7 Å². The average Bonchev–Trinajstić information content (AvgIpc) is 2.71. The molecule has 5 heteroatoms. The first-order valence-corrected chi connectivity index (χ1v) is 4.43. The summed E-state index contributed by atoms with van der Waals surface area (Å²) >= 11 is 0. The van der Waals surface area contributed by atoms with E-state index in [-0.39, 0.29) is 6.42 Å². The molecule has 0 aliphatic carbocycles. The van der Waals surface area contributed by atoms with E-state index in [1.807, 2.05) is 0 Å². The monoisotopic (exact) mass is 203 g/mol. The molecule has 1 aromatic heterocycles. The van der Waals surface area contributed by atoms with Crippen molar-refractivity contribution in [2.45, 2.75) is 6.42 Å². The van der Waals surface area contributed by atoms with E-state index in [9.17, 15) is 4.79 Å². The lowest BCUT2D eigenvalue weighted by molar-refractivity contribution is -0.136. The van der Waals surface area contributed by atoms with Gasteiger partial charge in [0.2, 0.25) is 0 Å². The van der Waals surface area contributed by atoms with Crippen molar-refractivity contribution in [1.29, 1.82) is 0 Å². The van der Waals surface area contributed by atoms with Crippen molar-refractivity contribution in [3.05, 3.63) is 42.2 Å². The van der Waals surface area contributed by atoms with Crippen LogP contribution in [0.5, 0.6) is 0 Å². The summed E-state index contributed by atoms with van der Waals surface area (Å²) in [5.74, 6) is -0.833. The molecule has 1 heterocycles. The highest BCUT2D eigenvalue weighted by molar-refractivity contribution is 5.70. The van der Waals surface area contributed by atoms with Gasteiger partial charge in [-0.1, -0.05) is 12.1 Å². The predicted octanol–water partition coefficient (Wildman–Crippen LogP) is 0.894. The first-order chi connectivity index (χ1) is 7.25. The van der Waals surface area contributed by atoms with E-state index in [0.29, 0.717) is 0 Å². The minimum atomic E-state index is -0.833. The van der Waals surface area contributed by atoms with Gasteiger partial charge in [-0.2, -0.15) is 15.0 Å². The van der Waals surface area contributed by atoms with Crippen molar-refractivity contribution in [2.75, 3.05) is 0 Å². The number of carboxylic acid groups (broad SMARTS) is 1. The smallest absolute Gasteiger partial charge is 0.307 e. The second kappa shape index (κ2) is 3.91. The minimum Gasteiger partial charge on any atom is -0.481 e. The molecular weight excluding hydrogens is 194 g/mol. The Balaban J connectivity index is 2.21. The Bertz CT molecular complexity index is 448. The fourth-order valence-corrected chi connectivity index (χ4v) is 1.27. The highest BCUT2D eigenvalue weighted by Crippen LogP contribution is 2.07. The first kappa shape index (κ1) is 9.39. The number of carbonyl (C=O) groups is 1. The zero-order chi connectivity index (χ0) is 10.7. The summed E-state index contributed by atoms with van der Waals surface area (Å²) in [5, 5.41) is 16.5. The van der Waals surface area contributed by atoms with Crippen molar-refractivity contribution >= 4 is 5.97 Å². The molecule has 0 atom stereocenters. The molecule has 0 saturated carbocycles. The second-order valence-corrected chi connectivity index (χ2v) is 3.06. The number of hydrogen-bond acceptors (Lipinski definition) is 3. The molecule has 0 unspecified atom stereocenters. The van der Waals surface area contributed by atoms with E-state index < -0.39 is 5.97 Å². The van der Waals surface area contributed by atoms with Crippen molar-refractivity contribution in [2.24, 2.45) is 0 Å². The molecule has 2 rings (SSSR count). The Labute approximate surface area is 86.0 Å². The van der Waals surface area contributed by atoms with Crippen molar-refractivity contribution in [3.63, 3.8) is 0 Å². The molecule has 5 nitrogen and oxygen atoms in total. The van der Waals surface area contributed by atoms with E-state index >= 15 is 0 Å². The largest absolute Gasteiger partial charge is 0.481 e. The summed E-state index contributed by atoms with van der Waals surface area (Å²) in [7, 11) is 0. The van der Waals surface area contributed by atoms with Crippen molar-refractivity contribution < 1.29 is 9.90 Å². The van der Waals surface area contributed by atoms with Gasteiger partial charge in [-0.25, -0.2) is 0 Å². The normalized spacial score (nSPS) is 10.1. The number of aliphatic carboxylic acids is 1. The Morgan fingerprint density at radius 2 is 1.80 bits per heavy atom. The van der Waals surface area contributed by atoms with Gasteiger partial charge >= 0.3 is 5.97 Å². The number of benzene rings is 1. The van der Waals surface area contributed by atoms with Crippen LogP contribution in [0.25, 0.3) is 5.69 Å². The number of hydrogen-bond donors (Lipinski definition) is 1. The Kier molecular flexibility index (Phi) is 2.45. The predicted molar refractivity (Wildman–Crippen MR) is 52.7 cm³/mol. The zero-order valence-electron chi connectivity index (χ0n) is 7.87. The topological polar surface area (TPSA) is 68.0 Å². The van der Waals surface area contributed by atoms with Crippen LogP contribution in [0.15, 0.2) is 36.7 Å². The van der Waals surface area contributed by atoms with Crippen LogP contribution < -0.4 is 0 Å². The van der Waals surface area contributed by atoms with Gasteiger partial charge in [-0.3, -0.25) is 4.79 Å². The first-order valence-electron chi connectivity index (χ1n) is 4.43. The van der Waals surface area contributed by atoms with E-state index in [0.717, 1.165) is 11.3 Å². The van der Waals surface area contributed by atoms with Crippen LogP contribution in [0.4, 0.5) is 0 Å². The molecule has 76 valence electrons. The van der Waals surface area contributed by atoms with Crippen LogP contribution in [0.3, 0.4) is 0 Å². The lowest BCUT2D eigenvalue weighted by Crippen LogP contribution is -2.01. The summed E-state index contributed by atoms with van der Waals surface area (Å²) in [6, 6.07) is 7.09. The van der Waals surface area contributed by atoms with Gasteiger partial charge in [-0.15, -0.1) is 0 Å². The Hall–Kier alpha value is -2.17. The van der Waals surface area contributed by atoms with E-state index in [4.69, 9.17) is 5.11 Å². The summed E-state index contributed by atoms with van der Waals surface area (Å²) in [6.07, 6.45) is 3.21. The molecule has 1 aromatic carbocycles. The molecule has 0 saturated heterocycles. The van der Waals surface area contributed by atoms with Gasteiger partial charge in [0.05, 0.1) is 24.5 Å². The van der Waals surface area contributed by atoms with Gasteiger partial charge in [0, 0.05) is 0 Å². The maximum absolute atomic E-state index is 10.5. The third kappa shape index (κ3) is 2.19. The number of aromatic nitrogens is 3. The fourth-order valence-electron chi connectivity index (χ4n) is 1.27. The van der Waals surface area contributed by atoms with Crippen LogP contribution in [-0.2, 0) is 11.2 Å². The SMILES string of the molecule is O=C(O)Cc1ccc(-n2nccn2)cc1. The average molecular weight is 203 g/mol. The Morgan fingerprint density at radius 1 is 1.20 bits per heavy atom. The summed E-state index contributed by atoms with van der Waals surface area (Å²) < 4.78 is 0. The maximum atomic E-state index is 10.5. The molecule has 0 aliphatic heterocycles. The third-order valence-corrected chi connectivity index (χ3v) is 1.94. The molecule has 0 aliphatic rings. The molecule has 0 spiro atoms. The van der Waals surface area contributed by atoms with E-state index in [1.165, 1.54) is 4.80 Å². The summed E-state index contributed by atoms with van der Waals surface area (Å²) in [5.41, 5.74) is 1.58. The summed E-state index contributed by atoms with van der Waals surface area (Å²) in [6.45, 7) is 0. The number of rotatable bonds is 3. The molecular formula is C10H9N3O2. The van der Waals surface area contributed by atoms with Crippen molar-refractivity contribution in [3.8, 4) is 5.69 Å².